The van der Waals surface area contributed by atoms with Crippen LogP contribution in [-0.2, 0) is 6.54 Å². The van der Waals surface area contributed by atoms with E-state index in [0.717, 1.165) is 10.2 Å². The Labute approximate surface area is 88.7 Å². The molecule has 6 heteroatoms. The van der Waals surface area contributed by atoms with Gasteiger partial charge in [0.05, 0.1) is 18.4 Å². The number of rotatable bonds is 3. The molecule has 0 aliphatic rings. The van der Waals surface area contributed by atoms with Gasteiger partial charge in [-0.3, -0.25) is 4.98 Å². The zero-order chi connectivity index (χ0) is 9.80. The lowest BCUT2D eigenvalue weighted by atomic mass is 10.4. The number of halogens is 1. The van der Waals surface area contributed by atoms with Crippen molar-refractivity contribution in [2.75, 3.05) is 5.32 Å². The fourth-order valence-corrected chi connectivity index (χ4v) is 1.32. The molecule has 0 fully saturated rings. The fourth-order valence-electron chi connectivity index (χ4n) is 0.960. The van der Waals surface area contributed by atoms with Crippen LogP contribution in [0.1, 0.15) is 5.82 Å². The molecule has 72 valence electrons. The Hall–Kier alpha value is -1.43. The number of anilines is 1. The highest BCUT2D eigenvalue weighted by molar-refractivity contribution is 9.10. The molecule has 0 bridgehead atoms. The number of hydrogen-bond acceptors (Lipinski definition) is 5. The molecule has 14 heavy (non-hydrogen) atoms. The molecule has 0 amide bonds. The van der Waals surface area contributed by atoms with Crippen LogP contribution in [0.5, 0.6) is 0 Å². The second kappa shape index (κ2) is 4.19. The summed E-state index contributed by atoms with van der Waals surface area (Å²) in [5.74, 6) is 0.616. The molecule has 2 rings (SSSR count). The van der Waals surface area contributed by atoms with Crippen LogP contribution in [0, 0.1) is 0 Å². The molecule has 1 N–H and O–H groups in total. The van der Waals surface area contributed by atoms with Crippen LogP contribution in [-0.4, -0.2) is 15.1 Å². The Bertz CT molecular complexity index is 403. The van der Waals surface area contributed by atoms with E-state index in [1.54, 1.807) is 12.4 Å². The first-order valence-electron chi connectivity index (χ1n) is 3.94. The lowest BCUT2D eigenvalue weighted by Crippen LogP contribution is -2.01. The summed E-state index contributed by atoms with van der Waals surface area (Å²) in [5.41, 5.74) is 0.907. The molecule has 0 radical (unpaired) electrons. The number of nitrogens with zero attached hydrogens (tertiary/aromatic N) is 3. The minimum Gasteiger partial charge on any atom is -0.376 e. The Morgan fingerprint density at radius 1 is 1.43 bits per heavy atom. The summed E-state index contributed by atoms with van der Waals surface area (Å²) < 4.78 is 5.53. The zero-order valence-electron chi connectivity index (χ0n) is 7.14. The molecule has 2 heterocycles. The Morgan fingerprint density at radius 2 is 2.36 bits per heavy atom. The minimum absolute atomic E-state index is 0.522. The first-order valence-corrected chi connectivity index (χ1v) is 4.73. The topological polar surface area (TPSA) is 63.8 Å². The van der Waals surface area contributed by atoms with Crippen LogP contribution in [0.3, 0.4) is 0 Å². The molecule has 0 saturated heterocycles. The van der Waals surface area contributed by atoms with Crippen LogP contribution in [0.15, 0.2) is 33.8 Å². The van der Waals surface area contributed by atoms with E-state index >= 15 is 0 Å². The summed E-state index contributed by atoms with van der Waals surface area (Å²) in [4.78, 5) is 7.89. The Morgan fingerprint density at radius 3 is 3.07 bits per heavy atom. The maximum atomic E-state index is 4.60. The molecule has 0 aromatic carbocycles. The molecule has 0 aliphatic carbocycles. The van der Waals surface area contributed by atoms with Crippen molar-refractivity contribution in [1.82, 2.24) is 15.1 Å². The van der Waals surface area contributed by atoms with E-state index in [2.05, 4.69) is 40.9 Å². The van der Waals surface area contributed by atoms with Crippen molar-refractivity contribution in [3.05, 3.63) is 35.2 Å². The quantitative estimate of drug-likeness (QED) is 0.906. The van der Waals surface area contributed by atoms with Gasteiger partial charge in [-0.25, -0.2) is 0 Å². The fraction of sp³-hybridized carbons (Fsp3) is 0.125. The summed E-state index contributed by atoms with van der Waals surface area (Å²) in [6.45, 7) is 0.522. The third kappa shape index (κ3) is 2.29. The van der Waals surface area contributed by atoms with Gasteiger partial charge < -0.3 is 9.84 Å². The molecule has 5 nitrogen and oxygen atoms in total. The number of pyridine rings is 1. The first-order chi connectivity index (χ1) is 6.84. The van der Waals surface area contributed by atoms with Crippen molar-refractivity contribution >= 4 is 21.6 Å². The van der Waals surface area contributed by atoms with E-state index in [1.807, 2.05) is 6.07 Å². The van der Waals surface area contributed by atoms with E-state index in [-0.39, 0.29) is 0 Å². The largest absolute Gasteiger partial charge is 0.376 e. The van der Waals surface area contributed by atoms with E-state index in [0.29, 0.717) is 12.4 Å². The van der Waals surface area contributed by atoms with Crippen LogP contribution in [0.4, 0.5) is 5.69 Å². The molecular formula is C8H7BrN4O. The summed E-state index contributed by atoms with van der Waals surface area (Å²) >= 11 is 3.33. The van der Waals surface area contributed by atoms with Gasteiger partial charge in [0, 0.05) is 10.7 Å². The first kappa shape index (κ1) is 9.14. The van der Waals surface area contributed by atoms with Crippen LogP contribution >= 0.6 is 15.9 Å². The standard InChI is InChI=1S/C8H7BrN4O/c9-6-1-7(3-10-2-6)11-4-8-12-5-14-13-8/h1-3,5,11H,4H2. The Balaban J connectivity index is 1.98. The third-order valence-electron chi connectivity index (χ3n) is 1.56. The third-order valence-corrected chi connectivity index (χ3v) is 2.00. The van der Waals surface area contributed by atoms with Gasteiger partial charge in [0.25, 0.3) is 0 Å². The molecule has 0 aliphatic heterocycles. The SMILES string of the molecule is Brc1cncc(NCc2ncon2)c1. The van der Waals surface area contributed by atoms with Gasteiger partial charge in [0.1, 0.15) is 0 Å². The van der Waals surface area contributed by atoms with E-state index in [9.17, 15) is 0 Å². The van der Waals surface area contributed by atoms with Gasteiger partial charge >= 0.3 is 0 Å². The lowest BCUT2D eigenvalue weighted by Gasteiger charge is -2.02. The molecular weight excluding hydrogens is 248 g/mol. The van der Waals surface area contributed by atoms with Gasteiger partial charge in [-0.1, -0.05) is 5.16 Å². The van der Waals surface area contributed by atoms with Crippen LogP contribution in [0.25, 0.3) is 0 Å². The van der Waals surface area contributed by atoms with Gasteiger partial charge in [0.2, 0.25) is 6.39 Å². The maximum Gasteiger partial charge on any atom is 0.213 e. The van der Waals surface area contributed by atoms with Crippen molar-refractivity contribution in [3.63, 3.8) is 0 Å². The predicted molar refractivity (Wildman–Crippen MR) is 53.6 cm³/mol. The van der Waals surface area contributed by atoms with Crippen molar-refractivity contribution in [2.24, 2.45) is 0 Å². The van der Waals surface area contributed by atoms with Crippen molar-refractivity contribution in [1.29, 1.82) is 0 Å². The van der Waals surface area contributed by atoms with Crippen LogP contribution < -0.4 is 5.32 Å². The molecule has 0 unspecified atom stereocenters. The normalized spacial score (nSPS) is 10.1. The molecule has 2 aromatic heterocycles. The van der Waals surface area contributed by atoms with Crippen molar-refractivity contribution in [2.45, 2.75) is 6.54 Å². The van der Waals surface area contributed by atoms with Crippen LogP contribution in [0.2, 0.25) is 0 Å². The molecule has 0 saturated carbocycles. The number of hydrogen-bond donors (Lipinski definition) is 1. The van der Waals surface area contributed by atoms with Crippen molar-refractivity contribution in [3.8, 4) is 0 Å². The summed E-state index contributed by atoms with van der Waals surface area (Å²) in [6.07, 6.45) is 4.75. The molecule has 0 spiro atoms. The van der Waals surface area contributed by atoms with E-state index in [4.69, 9.17) is 0 Å². The van der Waals surface area contributed by atoms with Crippen molar-refractivity contribution < 1.29 is 4.52 Å². The molecule has 0 atom stereocenters. The maximum absolute atomic E-state index is 4.60. The zero-order valence-corrected chi connectivity index (χ0v) is 8.73. The van der Waals surface area contributed by atoms with Gasteiger partial charge in [0.15, 0.2) is 5.82 Å². The highest BCUT2D eigenvalue weighted by atomic mass is 79.9. The number of aromatic nitrogens is 3. The summed E-state index contributed by atoms with van der Waals surface area (Å²) in [7, 11) is 0. The highest BCUT2D eigenvalue weighted by Gasteiger charge is 1.98. The van der Waals surface area contributed by atoms with E-state index < -0.39 is 0 Å². The average molecular weight is 255 g/mol. The smallest absolute Gasteiger partial charge is 0.213 e. The second-order valence-electron chi connectivity index (χ2n) is 2.59. The van der Waals surface area contributed by atoms with Gasteiger partial charge in [-0.15, -0.1) is 0 Å². The van der Waals surface area contributed by atoms with E-state index in [1.165, 1.54) is 6.39 Å². The molecule has 2 aromatic rings. The highest BCUT2D eigenvalue weighted by Crippen LogP contribution is 2.13. The Kier molecular flexibility index (Phi) is 2.73. The summed E-state index contributed by atoms with van der Waals surface area (Å²) in [6, 6.07) is 1.92. The van der Waals surface area contributed by atoms with Gasteiger partial charge in [-0.05, 0) is 22.0 Å². The average Bonchev–Trinajstić information content (AvgIpc) is 2.67. The van der Waals surface area contributed by atoms with Gasteiger partial charge in [-0.2, -0.15) is 4.98 Å². The minimum atomic E-state index is 0.522. The predicted octanol–water partition coefficient (Wildman–Crippen LogP) is 1.84. The second-order valence-corrected chi connectivity index (χ2v) is 3.51. The monoisotopic (exact) mass is 254 g/mol. The summed E-state index contributed by atoms with van der Waals surface area (Å²) in [5, 5.41) is 6.78. The number of nitrogens with one attached hydrogen (secondary N) is 1. The lowest BCUT2D eigenvalue weighted by molar-refractivity contribution is 0.411.